The number of benzene rings is 4. The zero-order valence-electron chi connectivity index (χ0n) is 37.4. The zero-order chi connectivity index (χ0) is 49.5. The first kappa shape index (κ1) is 53.2. The Bertz CT molecular complexity index is 2910. The molecule has 0 spiro atoms. The molecule has 2 fully saturated rings. The Morgan fingerprint density at radius 3 is 1.37 bits per heavy atom. The summed E-state index contributed by atoms with van der Waals surface area (Å²) >= 11 is 0. The van der Waals surface area contributed by atoms with Crippen molar-refractivity contribution in [1.29, 1.82) is 0 Å². The molecule has 70 heavy (non-hydrogen) atoms. The van der Waals surface area contributed by atoms with Gasteiger partial charge in [0.1, 0.15) is 11.6 Å². The van der Waals surface area contributed by atoms with Gasteiger partial charge in [-0.25, -0.2) is 8.78 Å². The van der Waals surface area contributed by atoms with E-state index in [2.05, 4.69) is 25.7 Å². The SMILES string of the molecule is CC(C)C(=O)N1CCN(S(=O)(=O)N(Cc2ccc(-c3nnc(C(F)F)o3)cc2F)c2ccccc2)CC1.Cl.O=S(=O)(N1CCNCC1)N(Cc1ccc(-c2nnc(C(F)F)o2)cc1F)c1ccccc1. The van der Waals surface area contributed by atoms with Crippen LogP contribution in [0, 0.1) is 17.6 Å². The van der Waals surface area contributed by atoms with Crippen LogP contribution in [0.3, 0.4) is 0 Å². The molecule has 17 nitrogen and oxygen atoms in total. The molecule has 0 atom stereocenters. The number of hydrogen-bond acceptors (Lipinski definition) is 12. The zero-order valence-corrected chi connectivity index (χ0v) is 39.9. The van der Waals surface area contributed by atoms with Crippen LogP contribution in [-0.4, -0.2) is 109 Å². The first-order chi connectivity index (χ1) is 32.9. The normalized spacial score (nSPS) is 14.9. The van der Waals surface area contributed by atoms with Gasteiger partial charge < -0.3 is 19.1 Å². The molecule has 1 amide bonds. The quantitative estimate of drug-likeness (QED) is 0.102. The highest BCUT2D eigenvalue weighted by atomic mass is 35.5. The van der Waals surface area contributed by atoms with Crippen LogP contribution < -0.4 is 13.9 Å². The molecule has 2 aromatic heterocycles. The third-order valence-electron chi connectivity index (χ3n) is 10.9. The highest BCUT2D eigenvalue weighted by Crippen LogP contribution is 2.31. The first-order valence-corrected chi connectivity index (χ1v) is 24.2. The van der Waals surface area contributed by atoms with Gasteiger partial charge in [-0.3, -0.25) is 13.4 Å². The van der Waals surface area contributed by atoms with Crippen LogP contribution in [0.25, 0.3) is 22.9 Å². The molecule has 6 aromatic rings. The monoisotopic (exact) mass is 1040 g/mol. The van der Waals surface area contributed by atoms with E-state index in [-0.39, 0.29) is 97.5 Å². The summed E-state index contributed by atoms with van der Waals surface area (Å²) in [4.78, 5) is 13.9. The smallest absolute Gasteiger partial charge is 0.314 e. The van der Waals surface area contributed by atoms with E-state index >= 15 is 4.39 Å². The number of piperazine rings is 2. The van der Waals surface area contributed by atoms with Gasteiger partial charge >= 0.3 is 33.3 Å². The van der Waals surface area contributed by atoms with Crippen LogP contribution in [0.2, 0.25) is 0 Å². The molecule has 376 valence electrons. The molecule has 0 radical (unpaired) electrons. The minimum atomic E-state index is -4.09. The number of anilines is 2. The minimum Gasteiger partial charge on any atom is -0.415 e. The third kappa shape index (κ3) is 12.4. The summed E-state index contributed by atoms with van der Waals surface area (Å²) in [5.41, 5.74) is 1.09. The van der Waals surface area contributed by atoms with Gasteiger partial charge in [-0.15, -0.1) is 32.8 Å². The van der Waals surface area contributed by atoms with Crippen molar-refractivity contribution in [3.05, 3.63) is 132 Å². The summed E-state index contributed by atoms with van der Waals surface area (Å²) < 4.78 is 150. The van der Waals surface area contributed by atoms with Gasteiger partial charge in [-0.05, 0) is 48.5 Å². The number of nitrogens with zero attached hydrogens (tertiary/aromatic N) is 9. The van der Waals surface area contributed by atoms with Gasteiger partial charge in [0.2, 0.25) is 17.7 Å². The molecule has 4 heterocycles. The second kappa shape index (κ2) is 23.2. The number of amides is 1. The van der Waals surface area contributed by atoms with Gasteiger partial charge in [0, 0.05) is 80.5 Å². The molecule has 0 saturated carbocycles. The van der Waals surface area contributed by atoms with E-state index in [9.17, 15) is 43.6 Å². The van der Waals surface area contributed by atoms with Gasteiger partial charge in [0.15, 0.2) is 0 Å². The Kier molecular flexibility index (Phi) is 17.6. The van der Waals surface area contributed by atoms with E-state index in [0.717, 1.165) is 20.7 Å². The Hall–Kier alpha value is -6.12. The average Bonchev–Trinajstić information content (AvgIpc) is 4.06. The highest BCUT2D eigenvalue weighted by Gasteiger charge is 2.35. The third-order valence-corrected chi connectivity index (χ3v) is 14.7. The molecule has 2 saturated heterocycles. The van der Waals surface area contributed by atoms with E-state index < -0.39 is 56.7 Å². The van der Waals surface area contributed by atoms with Gasteiger partial charge in [-0.2, -0.15) is 43.0 Å². The van der Waals surface area contributed by atoms with Crippen molar-refractivity contribution in [3.63, 3.8) is 0 Å². The van der Waals surface area contributed by atoms with Crippen molar-refractivity contribution in [2.75, 3.05) is 61.0 Å². The predicted octanol–water partition coefficient (Wildman–Crippen LogP) is 7.26. The van der Waals surface area contributed by atoms with Crippen LogP contribution in [0.5, 0.6) is 0 Å². The van der Waals surface area contributed by atoms with Crippen LogP contribution in [0.4, 0.5) is 37.7 Å². The maximum Gasteiger partial charge on any atom is 0.314 e. The number of carbonyl (C=O) groups is 1. The summed E-state index contributed by atoms with van der Waals surface area (Å²) in [6, 6.07) is 24.3. The van der Waals surface area contributed by atoms with Crippen molar-refractivity contribution >= 4 is 50.1 Å². The molecule has 0 bridgehead atoms. The molecule has 4 aromatic carbocycles. The maximum atomic E-state index is 15.1. The number of carbonyl (C=O) groups excluding carboxylic acids is 1. The first-order valence-electron chi connectivity index (χ1n) is 21.4. The molecular formula is C44H47ClF6N10O7S2. The predicted molar refractivity (Wildman–Crippen MR) is 247 cm³/mol. The summed E-state index contributed by atoms with van der Waals surface area (Å²) in [5.74, 6) is -3.99. The van der Waals surface area contributed by atoms with Crippen LogP contribution >= 0.6 is 12.4 Å². The summed E-state index contributed by atoms with van der Waals surface area (Å²) in [5, 5.41) is 16.6. The molecular weight excluding hydrogens is 994 g/mol. The van der Waals surface area contributed by atoms with Crippen LogP contribution in [-0.2, 0) is 38.3 Å². The molecule has 2 aliphatic heterocycles. The van der Waals surface area contributed by atoms with Crippen LogP contribution in [0.1, 0.15) is 49.6 Å². The number of para-hydroxylation sites is 2. The van der Waals surface area contributed by atoms with Gasteiger partial charge in [-0.1, -0.05) is 62.4 Å². The summed E-state index contributed by atoms with van der Waals surface area (Å²) in [6.45, 7) is 5.38. The van der Waals surface area contributed by atoms with Gasteiger partial charge in [0.05, 0.1) is 24.5 Å². The van der Waals surface area contributed by atoms with Crippen molar-refractivity contribution in [2.45, 2.75) is 39.8 Å². The molecule has 0 aliphatic carbocycles. The largest absolute Gasteiger partial charge is 0.415 e. The lowest BCUT2D eigenvalue weighted by atomic mass is 10.1. The molecule has 0 unspecified atom stereocenters. The number of hydrogen-bond donors (Lipinski definition) is 1. The average molecular weight is 1040 g/mol. The van der Waals surface area contributed by atoms with Crippen molar-refractivity contribution < 1.29 is 56.8 Å². The Morgan fingerprint density at radius 1 is 0.614 bits per heavy atom. The van der Waals surface area contributed by atoms with E-state index in [1.54, 1.807) is 79.4 Å². The van der Waals surface area contributed by atoms with E-state index in [4.69, 9.17) is 8.83 Å². The number of aromatic nitrogens is 4. The van der Waals surface area contributed by atoms with Crippen molar-refractivity contribution in [3.8, 4) is 22.9 Å². The topological polar surface area (TPSA) is 191 Å². The number of nitrogens with one attached hydrogen (secondary N) is 1. The fraction of sp³-hybridized carbons (Fsp3) is 0.341. The van der Waals surface area contributed by atoms with E-state index in [1.165, 1.54) is 32.9 Å². The fourth-order valence-corrected chi connectivity index (χ4v) is 10.5. The fourth-order valence-electron chi connectivity index (χ4n) is 7.26. The maximum absolute atomic E-state index is 15.1. The Balaban J connectivity index is 0.000000229. The number of rotatable bonds is 15. The number of alkyl halides is 4. The van der Waals surface area contributed by atoms with Crippen molar-refractivity contribution in [2.24, 2.45) is 5.92 Å². The molecule has 8 rings (SSSR count). The molecule has 1 N–H and O–H groups in total. The minimum absolute atomic E-state index is 0. The lowest BCUT2D eigenvalue weighted by Gasteiger charge is -2.38. The number of halogens is 7. The molecule has 2 aliphatic rings. The van der Waals surface area contributed by atoms with E-state index in [0.29, 0.717) is 37.6 Å². The lowest BCUT2D eigenvalue weighted by Crippen LogP contribution is -2.54. The molecule has 26 heteroatoms. The van der Waals surface area contributed by atoms with Crippen LogP contribution in [0.15, 0.2) is 106 Å². The second-order valence-corrected chi connectivity index (χ2v) is 19.5. The summed E-state index contributed by atoms with van der Waals surface area (Å²) in [6.07, 6.45) is -5.89. The lowest BCUT2D eigenvalue weighted by molar-refractivity contribution is -0.135. The van der Waals surface area contributed by atoms with E-state index in [1.807, 2.05) is 0 Å². The highest BCUT2D eigenvalue weighted by molar-refractivity contribution is 7.90. The Labute approximate surface area is 405 Å². The summed E-state index contributed by atoms with van der Waals surface area (Å²) in [7, 11) is -8.02. The standard InChI is InChI=1S/C24H26F3N5O4S.C20H20F3N5O3S.ClH/c1-16(2)24(33)30-10-12-31(13-11-30)37(34,35)32(19-6-4-3-5-7-19)15-18-9-8-17(14-20(18)25)22-28-29-23(36-22)21(26)27;21-17-12-14(19-25-26-20(31-19)18(22)23)6-7-15(17)13-28(16-4-2-1-3-5-16)32(29,30)27-10-8-24-9-11-27;/h3-9,14,16,21H,10-13,15H2,1-2H3;1-7,12,18,24H,8-11,13H2;1H. The van der Waals surface area contributed by atoms with Crippen molar-refractivity contribution in [1.82, 2.24) is 39.2 Å². The Morgan fingerprint density at radius 2 is 1.01 bits per heavy atom. The van der Waals surface area contributed by atoms with Gasteiger partial charge in [0.25, 0.3) is 11.8 Å². The second-order valence-electron chi connectivity index (χ2n) is 15.8.